The van der Waals surface area contributed by atoms with Crippen LogP contribution in [0, 0.1) is 0 Å². The Morgan fingerprint density at radius 2 is 0.885 bits per heavy atom. The highest BCUT2D eigenvalue weighted by Gasteiger charge is 2.06. The standard InChI is InChI=1S/C26H20/c1-3-12-23-19(7-1)9-5-10-20(23)15-16-22-11-6-14-26-24-13-4-2-8-21(24)17-18-25(22)26/h1-14,17-18H,15-16H2. The zero-order valence-electron chi connectivity index (χ0n) is 14.7. The largest absolute Gasteiger partial charge is 0.0616 e. The van der Waals surface area contributed by atoms with Crippen LogP contribution in [-0.4, -0.2) is 0 Å². The highest BCUT2D eigenvalue weighted by atomic mass is 14.1. The van der Waals surface area contributed by atoms with Crippen LogP contribution in [0.4, 0.5) is 0 Å². The van der Waals surface area contributed by atoms with E-state index in [1.807, 2.05) is 0 Å². The zero-order valence-corrected chi connectivity index (χ0v) is 14.7. The molecule has 0 heteroatoms. The van der Waals surface area contributed by atoms with Crippen molar-refractivity contribution < 1.29 is 0 Å². The van der Waals surface area contributed by atoms with Crippen molar-refractivity contribution in [3.63, 3.8) is 0 Å². The van der Waals surface area contributed by atoms with Gasteiger partial charge in [-0.05, 0) is 56.3 Å². The smallest absolute Gasteiger partial charge is 0.0103 e. The molecule has 0 atom stereocenters. The van der Waals surface area contributed by atoms with Crippen LogP contribution in [0.5, 0.6) is 0 Å². The van der Waals surface area contributed by atoms with Gasteiger partial charge in [-0.25, -0.2) is 0 Å². The SMILES string of the molecule is c1ccc2c(CCc3cccc4c3ccc3ccccc34)cccc2c1. The average Bonchev–Trinajstić information content (AvgIpc) is 2.72. The number of hydrogen-bond donors (Lipinski definition) is 0. The lowest BCUT2D eigenvalue weighted by Gasteiger charge is -2.11. The third kappa shape index (κ3) is 2.55. The van der Waals surface area contributed by atoms with Gasteiger partial charge in [0.2, 0.25) is 0 Å². The zero-order chi connectivity index (χ0) is 17.3. The normalized spacial score (nSPS) is 11.4. The van der Waals surface area contributed by atoms with Gasteiger partial charge in [-0.3, -0.25) is 0 Å². The molecular weight excluding hydrogens is 312 g/mol. The van der Waals surface area contributed by atoms with Gasteiger partial charge in [0, 0.05) is 0 Å². The van der Waals surface area contributed by atoms with Crippen LogP contribution in [0.1, 0.15) is 11.1 Å². The van der Waals surface area contributed by atoms with Gasteiger partial charge >= 0.3 is 0 Å². The summed E-state index contributed by atoms with van der Waals surface area (Å²) >= 11 is 0. The third-order valence-electron chi connectivity index (χ3n) is 5.42. The molecule has 0 aliphatic heterocycles. The molecular formula is C26H20. The Kier molecular flexibility index (Phi) is 3.68. The number of hydrogen-bond acceptors (Lipinski definition) is 0. The van der Waals surface area contributed by atoms with E-state index in [1.165, 1.54) is 43.4 Å². The van der Waals surface area contributed by atoms with Crippen molar-refractivity contribution in [2.24, 2.45) is 0 Å². The van der Waals surface area contributed by atoms with Gasteiger partial charge in [-0.2, -0.15) is 0 Å². The molecule has 0 N–H and O–H groups in total. The van der Waals surface area contributed by atoms with Crippen molar-refractivity contribution >= 4 is 32.3 Å². The molecule has 0 nitrogen and oxygen atoms in total. The summed E-state index contributed by atoms with van der Waals surface area (Å²) in [4.78, 5) is 0. The van der Waals surface area contributed by atoms with E-state index < -0.39 is 0 Å². The molecule has 0 saturated carbocycles. The Bertz CT molecular complexity index is 1230. The highest BCUT2D eigenvalue weighted by Crippen LogP contribution is 2.29. The van der Waals surface area contributed by atoms with Crippen LogP contribution >= 0.6 is 0 Å². The van der Waals surface area contributed by atoms with Crippen LogP contribution in [0.25, 0.3) is 32.3 Å². The maximum Gasteiger partial charge on any atom is -0.0103 e. The molecule has 0 heterocycles. The minimum Gasteiger partial charge on any atom is -0.0616 e. The Labute approximate surface area is 153 Å². The number of benzene rings is 5. The summed E-state index contributed by atoms with van der Waals surface area (Å²) in [5, 5.41) is 8.10. The Morgan fingerprint density at radius 1 is 0.346 bits per heavy atom. The summed E-state index contributed by atoms with van der Waals surface area (Å²) in [5.74, 6) is 0. The van der Waals surface area contributed by atoms with Crippen LogP contribution < -0.4 is 0 Å². The molecule has 0 unspecified atom stereocenters. The van der Waals surface area contributed by atoms with Gasteiger partial charge < -0.3 is 0 Å². The van der Waals surface area contributed by atoms with Gasteiger partial charge in [-0.1, -0.05) is 97.1 Å². The van der Waals surface area contributed by atoms with Crippen molar-refractivity contribution in [3.8, 4) is 0 Å². The van der Waals surface area contributed by atoms with Crippen LogP contribution in [0.2, 0.25) is 0 Å². The van der Waals surface area contributed by atoms with E-state index in [1.54, 1.807) is 0 Å². The van der Waals surface area contributed by atoms with Crippen molar-refractivity contribution in [2.45, 2.75) is 12.8 Å². The minimum atomic E-state index is 1.06. The van der Waals surface area contributed by atoms with Crippen molar-refractivity contribution in [1.82, 2.24) is 0 Å². The van der Waals surface area contributed by atoms with Crippen LogP contribution in [-0.2, 0) is 12.8 Å². The van der Waals surface area contributed by atoms with Gasteiger partial charge in [0.05, 0.1) is 0 Å². The Hall–Kier alpha value is -3.12. The maximum atomic E-state index is 2.29. The fraction of sp³-hybridized carbons (Fsp3) is 0.0769. The molecule has 5 aromatic carbocycles. The van der Waals surface area contributed by atoms with Gasteiger partial charge in [-0.15, -0.1) is 0 Å². The molecule has 0 fully saturated rings. The lowest BCUT2D eigenvalue weighted by molar-refractivity contribution is 0.979. The van der Waals surface area contributed by atoms with E-state index in [4.69, 9.17) is 0 Å². The van der Waals surface area contributed by atoms with Crippen LogP contribution in [0.3, 0.4) is 0 Å². The predicted molar refractivity (Wildman–Crippen MR) is 113 cm³/mol. The molecule has 26 heavy (non-hydrogen) atoms. The molecule has 0 spiro atoms. The first-order valence-corrected chi connectivity index (χ1v) is 9.26. The Balaban J connectivity index is 1.56. The summed E-state index contributed by atoms with van der Waals surface area (Å²) in [6.45, 7) is 0. The van der Waals surface area contributed by atoms with Crippen molar-refractivity contribution in [2.75, 3.05) is 0 Å². The van der Waals surface area contributed by atoms with Crippen molar-refractivity contribution in [3.05, 3.63) is 108 Å². The maximum absolute atomic E-state index is 2.29. The lowest BCUT2D eigenvalue weighted by Crippen LogP contribution is -1.94. The average molecular weight is 332 g/mol. The molecule has 0 bridgehead atoms. The minimum absolute atomic E-state index is 1.06. The first-order chi connectivity index (χ1) is 12.9. The highest BCUT2D eigenvalue weighted by molar-refractivity contribution is 6.08. The summed E-state index contributed by atoms with van der Waals surface area (Å²) in [5.41, 5.74) is 2.86. The van der Waals surface area contributed by atoms with Gasteiger partial charge in [0.25, 0.3) is 0 Å². The number of fused-ring (bicyclic) bond motifs is 4. The molecule has 0 aliphatic carbocycles. The molecule has 5 aromatic rings. The van der Waals surface area contributed by atoms with Gasteiger partial charge in [0.15, 0.2) is 0 Å². The summed E-state index contributed by atoms with van der Waals surface area (Å²) in [6.07, 6.45) is 2.12. The second kappa shape index (κ2) is 6.31. The quantitative estimate of drug-likeness (QED) is 0.314. The van der Waals surface area contributed by atoms with Crippen LogP contribution in [0.15, 0.2) is 97.1 Å². The Morgan fingerprint density at radius 3 is 1.69 bits per heavy atom. The van der Waals surface area contributed by atoms with E-state index in [2.05, 4.69) is 97.1 Å². The fourth-order valence-corrected chi connectivity index (χ4v) is 4.10. The first-order valence-electron chi connectivity index (χ1n) is 9.26. The van der Waals surface area contributed by atoms with E-state index in [-0.39, 0.29) is 0 Å². The molecule has 0 aromatic heterocycles. The topological polar surface area (TPSA) is 0 Å². The monoisotopic (exact) mass is 332 g/mol. The first kappa shape index (κ1) is 15.2. The molecule has 0 amide bonds. The van der Waals surface area contributed by atoms with E-state index in [0.717, 1.165) is 12.8 Å². The van der Waals surface area contributed by atoms with E-state index >= 15 is 0 Å². The second-order valence-corrected chi connectivity index (χ2v) is 6.94. The summed E-state index contributed by atoms with van der Waals surface area (Å²) < 4.78 is 0. The predicted octanol–water partition coefficient (Wildman–Crippen LogP) is 6.93. The van der Waals surface area contributed by atoms with E-state index in [9.17, 15) is 0 Å². The second-order valence-electron chi connectivity index (χ2n) is 6.94. The third-order valence-corrected chi connectivity index (χ3v) is 5.42. The molecule has 124 valence electrons. The lowest BCUT2D eigenvalue weighted by atomic mass is 9.94. The van der Waals surface area contributed by atoms with Gasteiger partial charge in [0.1, 0.15) is 0 Å². The summed E-state index contributed by atoms with van der Waals surface area (Å²) in [7, 11) is 0. The number of aryl methyl sites for hydroxylation is 2. The number of rotatable bonds is 3. The molecule has 0 saturated heterocycles. The molecule has 5 rings (SSSR count). The molecule has 0 radical (unpaired) electrons. The molecule has 0 aliphatic rings. The van der Waals surface area contributed by atoms with E-state index in [0.29, 0.717) is 0 Å². The summed E-state index contributed by atoms with van der Waals surface area (Å²) in [6, 6.07) is 35.2. The fourth-order valence-electron chi connectivity index (χ4n) is 4.10. The van der Waals surface area contributed by atoms with Crippen molar-refractivity contribution in [1.29, 1.82) is 0 Å².